The molecular formula is C14H17ClN2O. The molecule has 0 fully saturated rings. The molecule has 0 saturated carbocycles. The van der Waals surface area contributed by atoms with Crippen LogP contribution in [0.4, 0.5) is 0 Å². The highest BCUT2D eigenvalue weighted by atomic mass is 35.5. The van der Waals surface area contributed by atoms with E-state index in [4.69, 9.17) is 16.3 Å². The Balaban J connectivity index is 2.19. The van der Waals surface area contributed by atoms with Gasteiger partial charge in [0.2, 0.25) is 0 Å². The molecule has 3 nitrogen and oxygen atoms in total. The summed E-state index contributed by atoms with van der Waals surface area (Å²) in [4.78, 5) is 6.58. The summed E-state index contributed by atoms with van der Waals surface area (Å²) in [6, 6.07) is 10.1. The van der Waals surface area contributed by atoms with Gasteiger partial charge in [0.25, 0.3) is 0 Å². The predicted molar refractivity (Wildman–Crippen MR) is 75.0 cm³/mol. The monoisotopic (exact) mass is 264 g/mol. The van der Waals surface area contributed by atoms with Crippen LogP contribution in [0.3, 0.4) is 0 Å². The minimum Gasteiger partial charge on any atom is -0.383 e. The Bertz CT molecular complexity index is 530. The van der Waals surface area contributed by atoms with Crippen LogP contribution in [0.1, 0.15) is 5.56 Å². The lowest BCUT2D eigenvalue weighted by Gasteiger charge is -2.17. The van der Waals surface area contributed by atoms with E-state index in [9.17, 15) is 0 Å². The summed E-state index contributed by atoms with van der Waals surface area (Å²) in [6.07, 6.45) is 0. The zero-order valence-electron chi connectivity index (χ0n) is 10.7. The summed E-state index contributed by atoms with van der Waals surface area (Å²) in [5.41, 5.74) is 1.99. The summed E-state index contributed by atoms with van der Waals surface area (Å²) >= 11 is 6.21. The van der Waals surface area contributed by atoms with Crippen LogP contribution in [0.2, 0.25) is 5.15 Å². The molecule has 2 aromatic rings. The van der Waals surface area contributed by atoms with Gasteiger partial charge in [-0.3, -0.25) is 4.90 Å². The number of aromatic nitrogens is 1. The molecule has 0 saturated heterocycles. The van der Waals surface area contributed by atoms with Crippen molar-refractivity contribution in [2.75, 3.05) is 27.3 Å². The third kappa shape index (κ3) is 3.19. The van der Waals surface area contributed by atoms with Gasteiger partial charge < -0.3 is 4.74 Å². The van der Waals surface area contributed by atoms with Crippen molar-refractivity contribution < 1.29 is 4.74 Å². The third-order valence-corrected chi connectivity index (χ3v) is 3.19. The summed E-state index contributed by atoms with van der Waals surface area (Å²) in [6.45, 7) is 2.37. The second-order valence-electron chi connectivity index (χ2n) is 4.36. The first kappa shape index (κ1) is 13.3. The normalized spacial score (nSPS) is 11.3. The first-order valence-electron chi connectivity index (χ1n) is 5.92. The summed E-state index contributed by atoms with van der Waals surface area (Å²) < 4.78 is 5.06. The van der Waals surface area contributed by atoms with E-state index < -0.39 is 0 Å². The fraction of sp³-hybridized carbons (Fsp3) is 0.357. The number of pyridine rings is 1. The van der Waals surface area contributed by atoms with Gasteiger partial charge in [0.05, 0.1) is 12.1 Å². The maximum Gasteiger partial charge on any atom is 0.134 e. The number of likely N-dealkylation sites (N-methyl/N-ethyl adjacent to an activating group) is 1. The van der Waals surface area contributed by atoms with Crippen molar-refractivity contribution in [1.82, 2.24) is 9.88 Å². The zero-order chi connectivity index (χ0) is 13.0. The van der Waals surface area contributed by atoms with Crippen LogP contribution in [0.25, 0.3) is 10.9 Å². The van der Waals surface area contributed by atoms with Crippen molar-refractivity contribution in [3.63, 3.8) is 0 Å². The molecule has 0 spiro atoms. The molecule has 1 heterocycles. The van der Waals surface area contributed by atoms with Gasteiger partial charge >= 0.3 is 0 Å². The lowest BCUT2D eigenvalue weighted by atomic mass is 10.1. The van der Waals surface area contributed by atoms with E-state index in [-0.39, 0.29) is 0 Å². The Kier molecular flexibility index (Phi) is 4.53. The molecule has 96 valence electrons. The average Bonchev–Trinajstić information content (AvgIpc) is 2.37. The Labute approximate surface area is 112 Å². The largest absolute Gasteiger partial charge is 0.383 e. The molecule has 2 rings (SSSR count). The van der Waals surface area contributed by atoms with E-state index in [1.165, 1.54) is 0 Å². The molecule has 1 aromatic heterocycles. The van der Waals surface area contributed by atoms with Crippen molar-refractivity contribution in [2.24, 2.45) is 0 Å². The Hall–Kier alpha value is -1.16. The molecule has 0 atom stereocenters. The van der Waals surface area contributed by atoms with Crippen molar-refractivity contribution in [1.29, 1.82) is 0 Å². The first-order valence-corrected chi connectivity index (χ1v) is 6.30. The highest BCUT2D eigenvalue weighted by Crippen LogP contribution is 2.21. The minimum atomic E-state index is 0.581. The van der Waals surface area contributed by atoms with Crippen LogP contribution in [0.15, 0.2) is 30.3 Å². The fourth-order valence-electron chi connectivity index (χ4n) is 1.86. The van der Waals surface area contributed by atoms with Gasteiger partial charge in [-0.25, -0.2) is 4.98 Å². The van der Waals surface area contributed by atoms with Crippen molar-refractivity contribution in [2.45, 2.75) is 6.54 Å². The van der Waals surface area contributed by atoms with Gasteiger partial charge in [-0.1, -0.05) is 29.8 Å². The number of hydrogen-bond donors (Lipinski definition) is 0. The number of ether oxygens (including phenoxy) is 1. The molecule has 0 N–H and O–H groups in total. The van der Waals surface area contributed by atoms with Crippen LogP contribution >= 0.6 is 11.6 Å². The van der Waals surface area contributed by atoms with Gasteiger partial charge in [-0.2, -0.15) is 0 Å². The van der Waals surface area contributed by atoms with Gasteiger partial charge in [0.1, 0.15) is 5.15 Å². The van der Waals surface area contributed by atoms with Crippen LogP contribution < -0.4 is 0 Å². The molecule has 0 bridgehead atoms. The second-order valence-corrected chi connectivity index (χ2v) is 4.72. The second kappa shape index (κ2) is 6.14. The maximum atomic E-state index is 6.21. The first-order chi connectivity index (χ1) is 8.70. The number of nitrogens with zero attached hydrogens (tertiary/aromatic N) is 2. The van der Waals surface area contributed by atoms with E-state index in [0.717, 1.165) is 36.2 Å². The van der Waals surface area contributed by atoms with Crippen LogP contribution in [0.5, 0.6) is 0 Å². The highest BCUT2D eigenvalue weighted by Gasteiger charge is 2.07. The molecule has 0 radical (unpaired) electrons. The molecule has 1 aromatic carbocycles. The minimum absolute atomic E-state index is 0.581. The molecular weight excluding hydrogens is 248 g/mol. The van der Waals surface area contributed by atoms with Gasteiger partial charge in [-0.05, 0) is 19.2 Å². The van der Waals surface area contributed by atoms with E-state index in [1.54, 1.807) is 7.11 Å². The smallest absolute Gasteiger partial charge is 0.134 e. The van der Waals surface area contributed by atoms with Crippen LogP contribution in [0, 0.1) is 0 Å². The number of fused-ring (bicyclic) bond motifs is 1. The highest BCUT2D eigenvalue weighted by molar-refractivity contribution is 6.30. The van der Waals surface area contributed by atoms with Gasteiger partial charge in [-0.15, -0.1) is 0 Å². The van der Waals surface area contributed by atoms with E-state index >= 15 is 0 Å². The number of hydrogen-bond acceptors (Lipinski definition) is 3. The molecule has 4 heteroatoms. The lowest BCUT2D eigenvalue weighted by Crippen LogP contribution is -2.22. The zero-order valence-corrected chi connectivity index (χ0v) is 11.4. The number of para-hydroxylation sites is 1. The summed E-state index contributed by atoms with van der Waals surface area (Å²) in [7, 11) is 3.75. The third-order valence-electron chi connectivity index (χ3n) is 2.87. The number of rotatable bonds is 5. The molecule has 0 aliphatic carbocycles. The molecule has 0 aliphatic rings. The quantitative estimate of drug-likeness (QED) is 0.777. The summed E-state index contributed by atoms with van der Waals surface area (Å²) in [5, 5.41) is 1.70. The molecule has 0 amide bonds. The lowest BCUT2D eigenvalue weighted by molar-refractivity contribution is 0.158. The molecule has 0 unspecified atom stereocenters. The van der Waals surface area contributed by atoms with Crippen molar-refractivity contribution in [3.8, 4) is 0 Å². The van der Waals surface area contributed by atoms with Gasteiger partial charge in [0.15, 0.2) is 0 Å². The number of halogens is 1. The van der Waals surface area contributed by atoms with Crippen molar-refractivity contribution >= 4 is 22.5 Å². The molecule has 18 heavy (non-hydrogen) atoms. The standard InChI is InChI=1S/C14H17ClN2O/c1-17(7-8-18-2)10-12-9-11-5-3-4-6-13(11)16-14(12)15/h3-6,9H,7-8,10H2,1-2H3. The van der Waals surface area contributed by atoms with Crippen LogP contribution in [-0.4, -0.2) is 37.2 Å². The average molecular weight is 265 g/mol. The SMILES string of the molecule is COCCN(C)Cc1cc2ccccc2nc1Cl. The van der Waals surface area contributed by atoms with E-state index in [2.05, 4.69) is 22.0 Å². The Morgan fingerprint density at radius 2 is 2.11 bits per heavy atom. The van der Waals surface area contributed by atoms with Crippen LogP contribution in [-0.2, 0) is 11.3 Å². The van der Waals surface area contributed by atoms with E-state index in [0.29, 0.717) is 5.15 Å². The van der Waals surface area contributed by atoms with Gasteiger partial charge in [0, 0.05) is 31.1 Å². The van der Waals surface area contributed by atoms with E-state index in [1.807, 2.05) is 25.2 Å². The Morgan fingerprint density at radius 1 is 1.33 bits per heavy atom. The predicted octanol–water partition coefficient (Wildman–Crippen LogP) is 2.97. The summed E-state index contributed by atoms with van der Waals surface area (Å²) in [5.74, 6) is 0. The number of benzene rings is 1. The molecule has 0 aliphatic heterocycles. The van der Waals surface area contributed by atoms with Crippen molar-refractivity contribution in [3.05, 3.63) is 41.0 Å². The maximum absolute atomic E-state index is 6.21. The fourth-order valence-corrected chi connectivity index (χ4v) is 2.07. The number of methoxy groups -OCH3 is 1. The topological polar surface area (TPSA) is 25.4 Å². The Morgan fingerprint density at radius 3 is 2.89 bits per heavy atom.